The number of rotatable bonds is 9. The fourth-order valence-corrected chi connectivity index (χ4v) is 5.12. The smallest absolute Gasteiger partial charge is 0.435 e. The van der Waals surface area contributed by atoms with E-state index in [0.717, 1.165) is 22.9 Å². The molecule has 0 spiro atoms. The second kappa shape index (κ2) is 14.5. The van der Waals surface area contributed by atoms with Gasteiger partial charge >= 0.3 is 6.18 Å². The third-order valence-corrected chi connectivity index (χ3v) is 7.33. The molecule has 4 heterocycles. The Balaban J connectivity index is 0.00000154. The van der Waals surface area contributed by atoms with Gasteiger partial charge in [-0.15, -0.1) is 0 Å². The van der Waals surface area contributed by atoms with Gasteiger partial charge in [0.2, 0.25) is 5.91 Å². The number of carboxylic acid groups (broad SMARTS) is 1. The third kappa shape index (κ3) is 7.41. The SMILES string of the molecule is CCc1cc(Nc2nccn3c(-c4cn(CC#N)nc4C(F)(F)F)cnc23)ccc1C(=O)NCC(=O)N1CCC(CN)C1.O=CO. The summed E-state index contributed by atoms with van der Waals surface area (Å²) in [5.41, 5.74) is 6.45. The Morgan fingerprint density at radius 1 is 1.28 bits per heavy atom. The average molecular weight is 641 g/mol. The van der Waals surface area contributed by atoms with Gasteiger partial charge in [0, 0.05) is 42.9 Å². The number of fused-ring (bicyclic) bond motifs is 1. The largest absolute Gasteiger partial charge is 0.483 e. The van der Waals surface area contributed by atoms with Crippen LogP contribution in [-0.2, 0) is 28.7 Å². The molecule has 5 N–H and O–H groups in total. The highest BCUT2D eigenvalue weighted by molar-refractivity contribution is 5.98. The monoisotopic (exact) mass is 640 g/mol. The third-order valence-electron chi connectivity index (χ3n) is 7.33. The predicted molar refractivity (Wildman–Crippen MR) is 159 cm³/mol. The number of likely N-dealkylation sites (tertiary alicyclic amines) is 1. The minimum absolute atomic E-state index is 0.112. The van der Waals surface area contributed by atoms with Crippen molar-refractivity contribution in [2.24, 2.45) is 11.7 Å². The summed E-state index contributed by atoms with van der Waals surface area (Å²) in [6.45, 7) is 2.94. The van der Waals surface area contributed by atoms with Crippen molar-refractivity contribution in [2.75, 3.05) is 31.5 Å². The van der Waals surface area contributed by atoms with Crippen LogP contribution in [0, 0.1) is 17.2 Å². The Kier molecular flexibility index (Phi) is 10.5. The lowest BCUT2D eigenvalue weighted by Crippen LogP contribution is -2.39. The van der Waals surface area contributed by atoms with Gasteiger partial charge in [0.05, 0.1) is 30.1 Å². The quantitative estimate of drug-likeness (QED) is 0.197. The molecule has 1 fully saturated rings. The molecule has 17 heteroatoms. The highest BCUT2D eigenvalue weighted by Crippen LogP contribution is 2.37. The summed E-state index contributed by atoms with van der Waals surface area (Å²) in [7, 11) is 0. The van der Waals surface area contributed by atoms with Crippen LogP contribution in [0.4, 0.5) is 24.7 Å². The number of imidazole rings is 1. The molecule has 0 radical (unpaired) electrons. The van der Waals surface area contributed by atoms with Gasteiger partial charge in [-0.2, -0.15) is 23.5 Å². The van der Waals surface area contributed by atoms with Crippen molar-refractivity contribution in [3.63, 3.8) is 0 Å². The molecule has 0 aliphatic carbocycles. The second-order valence-electron chi connectivity index (χ2n) is 10.2. The molecule has 2 amide bonds. The Morgan fingerprint density at radius 2 is 2.04 bits per heavy atom. The number of carbonyl (C=O) groups excluding carboxylic acids is 2. The first kappa shape index (κ1) is 33.4. The fraction of sp³-hybridized carbons (Fsp3) is 0.345. The number of amides is 2. The molecule has 1 aliphatic rings. The first-order valence-electron chi connectivity index (χ1n) is 14.1. The molecule has 5 rings (SSSR count). The number of benzene rings is 1. The van der Waals surface area contributed by atoms with Crippen LogP contribution >= 0.6 is 0 Å². The number of nitriles is 1. The highest BCUT2D eigenvalue weighted by atomic mass is 19.4. The zero-order valence-corrected chi connectivity index (χ0v) is 24.7. The van der Waals surface area contributed by atoms with E-state index in [1.165, 1.54) is 23.0 Å². The van der Waals surface area contributed by atoms with E-state index in [1.54, 1.807) is 29.2 Å². The number of anilines is 2. The molecule has 14 nitrogen and oxygen atoms in total. The van der Waals surface area contributed by atoms with Gasteiger partial charge in [-0.1, -0.05) is 6.92 Å². The molecule has 242 valence electrons. The molecule has 0 bridgehead atoms. The van der Waals surface area contributed by atoms with E-state index >= 15 is 0 Å². The van der Waals surface area contributed by atoms with Crippen molar-refractivity contribution in [2.45, 2.75) is 32.5 Å². The van der Waals surface area contributed by atoms with Gasteiger partial charge in [0.1, 0.15) is 6.54 Å². The lowest BCUT2D eigenvalue weighted by atomic mass is 10.0. The van der Waals surface area contributed by atoms with E-state index in [-0.39, 0.29) is 60.0 Å². The van der Waals surface area contributed by atoms with E-state index in [0.29, 0.717) is 37.3 Å². The molecule has 4 aromatic rings. The number of hydrogen-bond donors (Lipinski definition) is 4. The van der Waals surface area contributed by atoms with E-state index in [2.05, 4.69) is 25.7 Å². The molecular weight excluding hydrogens is 609 g/mol. The van der Waals surface area contributed by atoms with Crippen LogP contribution in [0.15, 0.2) is 43.0 Å². The van der Waals surface area contributed by atoms with Gasteiger partial charge in [-0.3, -0.25) is 23.5 Å². The first-order valence-corrected chi connectivity index (χ1v) is 14.1. The molecule has 1 saturated heterocycles. The molecule has 0 saturated carbocycles. The molecular formula is C29H31F3N10O4. The normalized spacial score (nSPS) is 14.3. The van der Waals surface area contributed by atoms with E-state index in [1.807, 2.05) is 6.92 Å². The van der Waals surface area contributed by atoms with E-state index in [9.17, 15) is 22.8 Å². The van der Waals surface area contributed by atoms with Gasteiger partial charge in [-0.25, -0.2) is 9.97 Å². The summed E-state index contributed by atoms with van der Waals surface area (Å²) in [6, 6.07) is 6.86. The maximum absolute atomic E-state index is 13.7. The molecule has 3 aromatic heterocycles. The number of nitrogens with zero attached hydrogens (tertiary/aromatic N) is 7. The number of carbonyl (C=O) groups is 3. The number of hydrogen-bond acceptors (Lipinski definition) is 9. The number of alkyl halides is 3. The van der Waals surface area contributed by atoms with Crippen molar-refractivity contribution in [3.05, 3.63) is 59.8 Å². The number of nitrogens with two attached hydrogens (primary N) is 1. The lowest BCUT2D eigenvalue weighted by Gasteiger charge is -2.17. The number of aryl methyl sites for hydroxylation is 1. The van der Waals surface area contributed by atoms with Gasteiger partial charge in [-0.05, 0) is 49.1 Å². The average Bonchev–Trinajstić information content (AvgIpc) is 3.79. The number of nitrogens with one attached hydrogen (secondary N) is 2. The van der Waals surface area contributed by atoms with Crippen LogP contribution in [0.5, 0.6) is 0 Å². The second-order valence-corrected chi connectivity index (χ2v) is 10.2. The van der Waals surface area contributed by atoms with E-state index < -0.39 is 11.9 Å². The standard InChI is InChI=1S/C28H29F3N10O2.CH2O2/c1-2-18-11-19(3-4-20(18)27(43)36-14-23(42)39-8-5-17(12-33)15-39)37-25-26-35-13-22(41(26)10-7-34-25)21-16-40(9-6-32)38-24(21)28(29,30)31;2-1-3/h3-4,7,10-11,13,16-17H,2,5,8-9,12,14-15,33H2,1H3,(H,34,37)(H,36,43);1H,(H,2,3). The maximum atomic E-state index is 13.7. The van der Waals surface area contributed by atoms with Crippen molar-refractivity contribution >= 4 is 35.4 Å². The predicted octanol–water partition coefficient (Wildman–Crippen LogP) is 2.68. The zero-order valence-electron chi connectivity index (χ0n) is 24.7. The molecule has 1 aliphatic heterocycles. The Labute approximate surface area is 260 Å². The lowest BCUT2D eigenvalue weighted by molar-refractivity contribution is -0.141. The molecule has 1 unspecified atom stereocenters. The van der Waals surface area contributed by atoms with Gasteiger partial charge in [0.25, 0.3) is 12.4 Å². The Bertz CT molecular complexity index is 1760. The summed E-state index contributed by atoms with van der Waals surface area (Å²) in [5.74, 6) is 0.0320. The fourth-order valence-electron chi connectivity index (χ4n) is 5.12. The van der Waals surface area contributed by atoms with Crippen LogP contribution in [0.1, 0.15) is 35.0 Å². The summed E-state index contributed by atoms with van der Waals surface area (Å²) in [4.78, 5) is 44.1. The van der Waals surface area contributed by atoms with E-state index in [4.69, 9.17) is 20.9 Å². The molecule has 1 atom stereocenters. The van der Waals surface area contributed by atoms with Crippen LogP contribution in [0.3, 0.4) is 0 Å². The number of aromatic nitrogens is 5. The molecule has 46 heavy (non-hydrogen) atoms. The van der Waals surface area contributed by atoms with Crippen molar-refractivity contribution in [3.8, 4) is 17.3 Å². The van der Waals surface area contributed by atoms with Crippen molar-refractivity contribution in [1.82, 2.24) is 34.4 Å². The van der Waals surface area contributed by atoms with Crippen molar-refractivity contribution in [1.29, 1.82) is 5.26 Å². The van der Waals surface area contributed by atoms with Crippen LogP contribution < -0.4 is 16.4 Å². The van der Waals surface area contributed by atoms with Crippen LogP contribution in [0.25, 0.3) is 16.9 Å². The van der Waals surface area contributed by atoms with Gasteiger partial charge in [0.15, 0.2) is 17.2 Å². The first-order chi connectivity index (χ1) is 22.0. The minimum atomic E-state index is -4.74. The van der Waals surface area contributed by atoms with Crippen LogP contribution in [-0.4, -0.2) is 78.6 Å². The maximum Gasteiger partial charge on any atom is 0.435 e. The van der Waals surface area contributed by atoms with Crippen LogP contribution in [0.2, 0.25) is 0 Å². The zero-order chi connectivity index (χ0) is 33.4. The molecule has 1 aromatic carbocycles. The highest BCUT2D eigenvalue weighted by Gasteiger charge is 2.38. The summed E-state index contributed by atoms with van der Waals surface area (Å²) in [5, 5.41) is 25.2. The summed E-state index contributed by atoms with van der Waals surface area (Å²) < 4.78 is 43.6. The topological polar surface area (TPSA) is 197 Å². The minimum Gasteiger partial charge on any atom is -0.483 e. The Hall–Kier alpha value is -5.50. The summed E-state index contributed by atoms with van der Waals surface area (Å²) >= 11 is 0. The number of halogens is 3. The summed E-state index contributed by atoms with van der Waals surface area (Å²) in [6.07, 6.45) is 1.99. The van der Waals surface area contributed by atoms with Crippen molar-refractivity contribution < 1.29 is 32.7 Å². The Morgan fingerprint density at radius 3 is 2.70 bits per heavy atom. The van der Waals surface area contributed by atoms with Gasteiger partial charge < -0.3 is 26.4 Å².